The van der Waals surface area contributed by atoms with Crippen molar-refractivity contribution in [3.05, 3.63) is 45.2 Å². The molecular formula is C18H23NO. The van der Waals surface area contributed by atoms with Crippen molar-refractivity contribution >= 4 is 10.9 Å². The molecule has 2 nitrogen and oxygen atoms in total. The van der Waals surface area contributed by atoms with E-state index in [1.165, 1.54) is 24.1 Å². The molecule has 0 unspecified atom stereocenters. The van der Waals surface area contributed by atoms with Gasteiger partial charge in [0.05, 0.1) is 5.52 Å². The number of H-pyrrole nitrogens is 1. The van der Waals surface area contributed by atoms with Crippen molar-refractivity contribution in [2.24, 2.45) is 0 Å². The van der Waals surface area contributed by atoms with Crippen LogP contribution in [0, 0.1) is 0 Å². The molecule has 0 bridgehead atoms. The highest BCUT2D eigenvalue weighted by Crippen LogP contribution is 2.29. The van der Waals surface area contributed by atoms with E-state index in [-0.39, 0.29) is 10.8 Å². The van der Waals surface area contributed by atoms with Gasteiger partial charge < -0.3 is 4.98 Å². The fourth-order valence-corrected chi connectivity index (χ4v) is 3.29. The molecule has 1 aromatic heterocycles. The topological polar surface area (TPSA) is 32.9 Å². The van der Waals surface area contributed by atoms with Gasteiger partial charge in [-0.15, -0.1) is 0 Å². The Labute approximate surface area is 120 Å². The highest BCUT2D eigenvalue weighted by molar-refractivity contribution is 5.83. The quantitative estimate of drug-likeness (QED) is 0.718. The van der Waals surface area contributed by atoms with E-state index in [1.54, 1.807) is 0 Å². The van der Waals surface area contributed by atoms with Crippen LogP contribution in [0.2, 0.25) is 0 Å². The van der Waals surface area contributed by atoms with Gasteiger partial charge in [0.15, 0.2) is 5.43 Å². The van der Waals surface area contributed by atoms with E-state index >= 15 is 0 Å². The van der Waals surface area contributed by atoms with E-state index in [0.29, 0.717) is 0 Å². The molecule has 0 saturated heterocycles. The summed E-state index contributed by atoms with van der Waals surface area (Å²) >= 11 is 0. The molecule has 0 atom stereocenters. The Kier molecular flexibility index (Phi) is 3.19. The number of aromatic amines is 1. The molecule has 0 amide bonds. The molecule has 20 heavy (non-hydrogen) atoms. The summed E-state index contributed by atoms with van der Waals surface area (Å²) in [5.74, 6) is 0. The molecule has 0 spiro atoms. The normalized spacial score (nSPS) is 15.9. The molecule has 1 aliphatic carbocycles. The van der Waals surface area contributed by atoms with E-state index < -0.39 is 0 Å². The van der Waals surface area contributed by atoms with Crippen LogP contribution in [0.4, 0.5) is 0 Å². The van der Waals surface area contributed by atoms with E-state index in [1.807, 2.05) is 12.1 Å². The zero-order chi connectivity index (χ0) is 14.3. The fourth-order valence-electron chi connectivity index (χ4n) is 3.29. The Morgan fingerprint density at radius 1 is 1.05 bits per heavy atom. The van der Waals surface area contributed by atoms with Crippen LogP contribution in [0.5, 0.6) is 0 Å². The number of nitrogens with one attached hydrogen (secondary N) is 1. The van der Waals surface area contributed by atoms with Gasteiger partial charge in [0, 0.05) is 16.6 Å². The van der Waals surface area contributed by atoms with Crippen LogP contribution in [0.3, 0.4) is 0 Å². The summed E-state index contributed by atoms with van der Waals surface area (Å²) in [6, 6.07) is 6.12. The molecule has 106 valence electrons. The smallest absolute Gasteiger partial charge is 0.192 e. The standard InChI is InChI=1S/C18H23NO/c1-18(2,3)14-10-7-9-13-16(14)19-15-11-6-4-5-8-12(15)17(13)20/h7,9-10H,4-6,8,11H2,1-3H3,(H,19,20). The van der Waals surface area contributed by atoms with Gasteiger partial charge in [0.25, 0.3) is 0 Å². The van der Waals surface area contributed by atoms with Gasteiger partial charge in [-0.1, -0.05) is 39.3 Å². The third-order valence-electron chi connectivity index (χ3n) is 4.38. The van der Waals surface area contributed by atoms with Crippen molar-refractivity contribution in [2.75, 3.05) is 0 Å². The first-order valence-corrected chi connectivity index (χ1v) is 7.66. The van der Waals surface area contributed by atoms with Crippen LogP contribution in [0.1, 0.15) is 56.9 Å². The van der Waals surface area contributed by atoms with Crippen molar-refractivity contribution in [3.8, 4) is 0 Å². The number of fused-ring (bicyclic) bond motifs is 2. The third kappa shape index (κ3) is 2.17. The molecule has 2 heteroatoms. The minimum atomic E-state index is 0.0431. The summed E-state index contributed by atoms with van der Waals surface area (Å²) in [4.78, 5) is 16.4. The van der Waals surface area contributed by atoms with Gasteiger partial charge in [0.1, 0.15) is 0 Å². The van der Waals surface area contributed by atoms with E-state index in [4.69, 9.17) is 0 Å². The second-order valence-corrected chi connectivity index (χ2v) is 6.95. The second kappa shape index (κ2) is 4.76. The summed E-state index contributed by atoms with van der Waals surface area (Å²) < 4.78 is 0. The minimum absolute atomic E-state index is 0.0431. The molecule has 1 N–H and O–H groups in total. The first-order valence-electron chi connectivity index (χ1n) is 7.66. The van der Waals surface area contributed by atoms with Crippen molar-refractivity contribution in [2.45, 2.75) is 58.3 Å². The zero-order valence-electron chi connectivity index (χ0n) is 12.7. The first-order chi connectivity index (χ1) is 9.48. The average Bonchev–Trinajstić information content (AvgIpc) is 2.63. The summed E-state index contributed by atoms with van der Waals surface area (Å²) in [6.07, 6.45) is 5.50. The molecule has 0 radical (unpaired) electrons. The van der Waals surface area contributed by atoms with Crippen LogP contribution in [-0.4, -0.2) is 4.98 Å². The Balaban J connectivity index is 2.36. The number of pyridine rings is 1. The Bertz CT molecular complexity index is 704. The van der Waals surface area contributed by atoms with E-state index in [2.05, 4.69) is 31.8 Å². The molecule has 0 saturated carbocycles. The Morgan fingerprint density at radius 2 is 1.80 bits per heavy atom. The number of hydrogen-bond acceptors (Lipinski definition) is 1. The highest BCUT2D eigenvalue weighted by Gasteiger charge is 2.21. The Hall–Kier alpha value is -1.57. The van der Waals surface area contributed by atoms with Crippen molar-refractivity contribution in [1.82, 2.24) is 4.98 Å². The zero-order valence-corrected chi connectivity index (χ0v) is 12.7. The maximum Gasteiger partial charge on any atom is 0.192 e. The maximum atomic E-state index is 12.8. The fraction of sp³-hybridized carbons (Fsp3) is 0.500. The highest BCUT2D eigenvalue weighted by atomic mass is 16.1. The van der Waals surface area contributed by atoms with Crippen LogP contribution in [0.25, 0.3) is 10.9 Å². The summed E-state index contributed by atoms with van der Waals surface area (Å²) in [5.41, 5.74) is 4.78. The van der Waals surface area contributed by atoms with Gasteiger partial charge >= 0.3 is 0 Å². The number of aromatic nitrogens is 1. The lowest BCUT2D eigenvalue weighted by Crippen LogP contribution is -2.18. The first kappa shape index (κ1) is 13.4. The lowest BCUT2D eigenvalue weighted by atomic mass is 9.85. The predicted octanol–water partition coefficient (Wildman–Crippen LogP) is 4.09. The monoisotopic (exact) mass is 269 g/mol. The predicted molar refractivity (Wildman–Crippen MR) is 84.5 cm³/mol. The molecule has 2 aromatic rings. The third-order valence-corrected chi connectivity index (χ3v) is 4.38. The molecule has 1 heterocycles. The summed E-state index contributed by atoms with van der Waals surface area (Å²) in [7, 11) is 0. The minimum Gasteiger partial charge on any atom is -0.358 e. The lowest BCUT2D eigenvalue weighted by Gasteiger charge is -2.22. The van der Waals surface area contributed by atoms with Crippen LogP contribution in [0.15, 0.2) is 23.0 Å². The SMILES string of the molecule is CC(C)(C)c1cccc2c(=O)c3c([nH]c12)CCCCC3. The van der Waals surface area contributed by atoms with Crippen LogP contribution in [-0.2, 0) is 18.3 Å². The molecule has 0 fully saturated rings. The second-order valence-electron chi connectivity index (χ2n) is 6.95. The van der Waals surface area contributed by atoms with Crippen molar-refractivity contribution < 1.29 is 0 Å². The van der Waals surface area contributed by atoms with Crippen molar-refractivity contribution in [1.29, 1.82) is 0 Å². The van der Waals surface area contributed by atoms with Gasteiger partial charge in [-0.3, -0.25) is 4.79 Å². The van der Waals surface area contributed by atoms with Gasteiger partial charge in [-0.2, -0.15) is 0 Å². The summed E-state index contributed by atoms with van der Waals surface area (Å²) in [5, 5.41) is 0.859. The summed E-state index contributed by atoms with van der Waals surface area (Å²) in [6.45, 7) is 6.60. The molecule has 1 aromatic carbocycles. The van der Waals surface area contributed by atoms with Gasteiger partial charge in [-0.25, -0.2) is 0 Å². The number of hydrogen-bond donors (Lipinski definition) is 1. The molecule has 0 aliphatic heterocycles. The maximum absolute atomic E-state index is 12.8. The lowest BCUT2D eigenvalue weighted by molar-refractivity contribution is 0.594. The number of rotatable bonds is 0. The molecule has 1 aliphatic rings. The molecular weight excluding hydrogens is 246 g/mol. The van der Waals surface area contributed by atoms with Gasteiger partial charge in [0.2, 0.25) is 0 Å². The van der Waals surface area contributed by atoms with Crippen LogP contribution < -0.4 is 5.43 Å². The largest absolute Gasteiger partial charge is 0.358 e. The molecule has 3 rings (SSSR count). The van der Waals surface area contributed by atoms with E-state index in [0.717, 1.165) is 35.7 Å². The van der Waals surface area contributed by atoms with Gasteiger partial charge in [-0.05, 0) is 42.7 Å². The average molecular weight is 269 g/mol. The number of para-hydroxylation sites is 1. The van der Waals surface area contributed by atoms with Crippen LogP contribution >= 0.6 is 0 Å². The van der Waals surface area contributed by atoms with Crippen molar-refractivity contribution in [3.63, 3.8) is 0 Å². The number of aryl methyl sites for hydroxylation is 1. The van der Waals surface area contributed by atoms with E-state index in [9.17, 15) is 4.79 Å². The number of benzene rings is 1. The Morgan fingerprint density at radius 3 is 2.55 bits per heavy atom.